The van der Waals surface area contributed by atoms with Gasteiger partial charge in [0, 0.05) is 11.7 Å². The summed E-state index contributed by atoms with van der Waals surface area (Å²) < 4.78 is 0. The van der Waals surface area contributed by atoms with Crippen LogP contribution in [-0.2, 0) is 0 Å². The van der Waals surface area contributed by atoms with E-state index in [4.69, 9.17) is 23.2 Å². The second-order valence-electron chi connectivity index (χ2n) is 5.05. The Morgan fingerprint density at radius 3 is 2.56 bits per heavy atom. The Morgan fingerprint density at radius 2 is 1.94 bits per heavy atom. The maximum atomic E-state index is 6.01. The van der Waals surface area contributed by atoms with Crippen molar-refractivity contribution in [2.45, 2.75) is 31.7 Å². The molecule has 1 N–H and O–H groups in total. The molecule has 3 rings (SSSR count). The highest BCUT2D eigenvalue weighted by Gasteiger charge is 2.39. The lowest BCUT2D eigenvalue weighted by molar-refractivity contribution is 0.440. The maximum absolute atomic E-state index is 6.01. The largest absolute Gasteiger partial charge is 0.382 e. The molecule has 1 aromatic rings. The van der Waals surface area contributed by atoms with E-state index >= 15 is 0 Å². The molecule has 0 saturated heterocycles. The molecule has 3 atom stereocenters. The van der Waals surface area contributed by atoms with E-state index in [1.165, 1.54) is 25.7 Å². The molecule has 2 bridgehead atoms. The Bertz CT molecular complexity index is 405. The van der Waals surface area contributed by atoms with Crippen LogP contribution in [0.4, 0.5) is 5.69 Å². The van der Waals surface area contributed by atoms with Crippen molar-refractivity contribution in [1.82, 2.24) is 0 Å². The van der Waals surface area contributed by atoms with Crippen LogP contribution in [0.1, 0.15) is 25.7 Å². The monoisotopic (exact) mass is 255 g/mol. The van der Waals surface area contributed by atoms with Gasteiger partial charge >= 0.3 is 0 Å². The highest BCUT2D eigenvalue weighted by atomic mass is 35.5. The summed E-state index contributed by atoms with van der Waals surface area (Å²) in [6.45, 7) is 0. The molecule has 0 heterocycles. The lowest BCUT2D eigenvalue weighted by Crippen LogP contribution is -2.25. The number of fused-ring (bicyclic) bond motifs is 2. The van der Waals surface area contributed by atoms with E-state index in [0.29, 0.717) is 16.1 Å². The van der Waals surface area contributed by atoms with Crippen molar-refractivity contribution in [2.24, 2.45) is 11.8 Å². The molecular formula is C13H15Cl2N. The van der Waals surface area contributed by atoms with Crippen LogP contribution in [0.3, 0.4) is 0 Å². The average Bonchev–Trinajstić information content (AvgIpc) is 2.85. The lowest BCUT2D eigenvalue weighted by atomic mass is 9.95. The molecular weight excluding hydrogens is 241 g/mol. The smallest absolute Gasteiger partial charge is 0.0612 e. The van der Waals surface area contributed by atoms with E-state index < -0.39 is 0 Å². The van der Waals surface area contributed by atoms with E-state index in [1.807, 2.05) is 18.2 Å². The van der Waals surface area contributed by atoms with Crippen LogP contribution >= 0.6 is 23.2 Å². The molecule has 0 amide bonds. The minimum atomic E-state index is 0.625. The minimum Gasteiger partial charge on any atom is -0.382 e. The van der Waals surface area contributed by atoms with Crippen LogP contribution in [-0.4, -0.2) is 6.04 Å². The van der Waals surface area contributed by atoms with Gasteiger partial charge in [-0.1, -0.05) is 29.6 Å². The third kappa shape index (κ3) is 1.91. The van der Waals surface area contributed by atoms with Crippen LogP contribution in [0.5, 0.6) is 0 Å². The Balaban J connectivity index is 1.72. The Labute approximate surface area is 106 Å². The van der Waals surface area contributed by atoms with Gasteiger partial charge in [-0.3, -0.25) is 0 Å². The van der Waals surface area contributed by atoms with E-state index in [0.717, 1.165) is 17.5 Å². The summed E-state index contributed by atoms with van der Waals surface area (Å²) in [5.41, 5.74) is 1.10. The predicted octanol–water partition coefficient (Wildman–Crippen LogP) is 4.59. The zero-order chi connectivity index (χ0) is 11.1. The summed E-state index contributed by atoms with van der Waals surface area (Å²) in [6.07, 6.45) is 5.57. The Morgan fingerprint density at radius 1 is 1.06 bits per heavy atom. The van der Waals surface area contributed by atoms with E-state index in [-0.39, 0.29) is 0 Å². The third-order valence-electron chi connectivity index (χ3n) is 4.01. The molecule has 3 heteroatoms. The van der Waals surface area contributed by atoms with Crippen LogP contribution in [0, 0.1) is 11.8 Å². The molecule has 1 unspecified atom stereocenters. The van der Waals surface area contributed by atoms with Crippen molar-refractivity contribution in [2.75, 3.05) is 5.32 Å². The molecule has 1 aromatic carbocycles. The maximum Gasteiger partial charge on any atom is 0.0612 e. The van der Waals surface area contributed by atoms with Gasteiger partial charge in [0.1, 0.15) is 0 Å². The van der Waals surface area contributed by atoms with Gasteiger partial charge in [-0.15, -0.1) is 0 Å². The highest BCUT2D eigenvalue weighted by molar-refractivity contribution is 6.42. The van der Waals surface area contributed by atoms with Crippen molar-refractivity contribution >= 4 is 28.9 Å². The van der Waals surface area contributed by atoms with E-state index in [9.17, 15) is 0 Å². The van der Waals surface area contributed by atoms with Gasteiger partial charge in [0.15, 0.2) is 0 Å². The molecule has 2 aliphatic rings. The fourth-order valence-corrected chi connectivity index (χ4v) is 3.52. The van der Waals surface area contributed by atoms with Crippen molar-refractivity contribution in [3.05, 3.63) is 28.2 Å². The fraction of sp³-hybridized carbons (Fsp3) is 0.538. The van der Waals surface area contributed by atoms with Crippen LogP contribution in [0.2, 0.25) is 10.0 Å². The number of hydrogen-bond acceptors (Lipinski definition) is 1. The molecule has 0 aliphatic heterocycles. The Hall–Kier alpha value is -0.400. The normalized spacial score (nSPS) is 32.0. The van der Waals surface area contributed by atoms with Gasteiger partial charge in [-0.05, 0) is 49.3 Å². The third-order valence-corrected chi connectivity index (χ3v) is 4.75. The topological polar surface area (TPSA) is 12.0 Å². The van der Waals surface area contributed by atoms with Crippen LogP contribution < -0.4 is 5.32 Å². The molecule has 0 aromatic heterocycles. The summed E-state index contributed by atoms with van der Waals surface area (Å²) in [4.78, 5) is 0. The van der Waals surface area contributed by atoms with Crippen molar-refractivity contribution in [3.8, 4) is 0 Å². The first-order valence-electron chi connectivity index (χ1n) is 5.94. The van der Waals surface area contributed by atoms with E-state index in [1.54, 1.807) is 0 Å². The quantitative estimate of drug-likeness (QED) is 0.815. The van der Waals surface area contributed by atoms with Crippen LogP contribution in [0.15, 0.2) is 18.2 Å². The summed E-state index contributed by atoms with van der Waals surface area (Å²) in [5, 5.41) is 4.86. The van der Waals surface area contributed by atoms with Gasteiger partial charge in [-0.2, -0.15) is 0 Å². The zero-order valence-corrected chi connectivity index (χ0v) is 10.6. The number of nitrogens with one attached hydrogen (secondary N) is 1. The van der Waals surface area contributed by atoms with Crippen molar-refractivity contribution in [3.63, 3.8) is 0 Å². The van der Waals surface area contributed by atoms with Crippen molar-refractivity contribution < 1.29 is 0 Å². The minimum absolute atomic E-state index is 0.625. The first kappa shape index (κ1) is 10.7. The summed E-state index contributed by atoms with van der Waals surface area (Å²) in [6, 6.07) is 6.45. The number of anilines is 1. The summed E-state index contributed by atoms with van der Waals surface area (Å²) in [5.74, 6) is 1.84. The molecule has 1 nitrogen and oxygen atoms in total. The fourth-order valence-electron chi connectivity index (χ4n) is 3.22. The van der Waals surface area contributed by atoms with Crippen molar-refractivity contribution in [1.29, 1.82) is 0 Å². The first-order chi connectivity index (χ1) is 7.72. The van der Waals surface area contributed by atoms with E-state index in [2.05, 4.69) is 5.32 Å². The molecule has 2 aliphatic carbocycles. The summed E-state index contributed by atoms with van der Waals surface area (Å²) in [7, 11) is 0. The van der Waals surface area contributed by atoms with Gasteiger partial charge < -0.3 is 5.32 Å². The SMILES string of the molecule is Clc1ccc(NC2C[C@@H]3CC[C@H]2C3)cc1Cl. The lowest BCUT2D eigenvalue weighted by Gasteiger charge is -2.24. The predicted molar refractivity (Wildman–Crippen MR) is 69.3 cm³/mol. The number of benzene rings is 1. The standard InChI is InChI=1S/C13H15Cl2N/c14-11-4-3-10(7-12(11)15)16-13-6-8-1-2-9(13)5-8/h3-4,7-9,13,16H,1-2,5-6H2/t8-,9+,13?/m1/s1. The Kier molecular flexibility index (Phi) is 2.76. The second-order valence-corrected chi connectivity index (χ2v) is 5.87. The van der Waals surface area contributed by atoms with Gasteiger partial charge in [0.2, 0.25) is 0 Å². The number of hydrogen-bond donors (Lipinski definition) is 1. The molecule has 2 fully saturated rings. The zero-order valence-electron chi connectivity index (χ0n) is 9.05. The van der Waals surface area contributed by atoms with Crippen LogP contribution in [0.25, 0.3) is 0 Å². The average molecular weight is 256 g/mol. The van der Waals surface area contributed by atoms with Gasteiger partial charge in [0.05, 0.1) is 10.0 Å². The second kappa shape index (κ2) is 4.12. The molecule has 0 radical (unpaired) electrons. The molecule has 0 spiro atoms. The number of halogens is 2. The molecule has 16 heavy (non-hydrogen) atoms. The first-order valence-corrected chi connectivity index (χ1v) is 6.69. The highest BCUT2D eigenvalue weighted by Crippen LogP contribution is 2.45. The molecule has 2 saturated carbocycles. The molecule has 86 valence electrons. The summed E-state index contributed by atoms with van der Waals surface area (Å²) >= 11 is 11.9. The van der Waals surface area contributed by atoms with Gasteiger partial charge in [-0.25, -0.2) is 0 Å². The van der Waals surface area contributed by atoms with Gasteiger partial charge in [0.25, 0.3) is 0 Å². The number of rotatable bonds is 2.